The molecule has 0 bridgehead atoms. The Labute approximate surface area is 112 Å². The molecule has 0 aliphatic heterocycles. The van der Waals surface area contributed by atoms with E-state index in [1.807, 2.05) is 0 Å². The van der Waals surface area contributed by atoms with E-state index in [0.717, 1.165) is 31.6 Å². The van der Waals surface area contributed by atoms with Crippen molar-refractivity contribution in [3.63, 3.8) is 0 Å². The summed E-state index contributed by atoms with van der Waals surface area (Å²) in [5, 5.41) is 8.95. The standard InChI is InChI=1S/C13H18N2O4/c1-3-14(4-2)10-9-11-5-7-12(8-6-11)13(16)19-15(17)18/h5-8H,3-4,9-10H2,1-2H3. The summed E-state index contributed by atoms with van der Waals surface area (Å²) in [5.41, 5.74) is 1.27. The summed E-state index contributed by atoms with van der Waals surface area (Å²) in [7, 11) is 0. The average molecular weight is 266 g/mol. The van der Waals surface area contributed by atoms with Gasteiger partial charge in [0.15, 0.2) is 0 Å². The largest absolute Gasteiger partial charge is 0.334 e. The molecule has 0 amide bonds. The SMILES string of the molecule is CCN(CC)CCc1ccc(C(=O)O[N+](=O)[O-])cc1. The van der Waals surface area contributed by atoms with E-state index in [1.165, 1.54) is 0 Å². The molecule has 0 saturated heterocycles. The van der Waals surface area contributed by atoms with Crippen LogP contribution in [0, 0.1) is 10.1 Å². The Morgan fingerprint density at radius 1 is 1.26 bits per heavy atom. The van der Waals surface area contributed by atoms with Crippen molar-refractivity contribution in [2.75, 3.05) is 19.6 Å². The molecule has 0 radical (unpaired) electrons. The highest BCUT2D eigenvalue weighted by molar-refractivity contribution is 5.88. The third-order valence-corrected chi connectivity index (χ3v) is 2.96. The zero-order chi connectivity index (χ0) is 14.3. The minimum Gasteiger partial charge on any atom is -0.304 e. The number of hydrogen-bond acceptors (Lipinski definition) is 5. The molecule has 1 rings (SSSR count). The van der Waals surface area contributed by atoms with Gasteiger partial charge in [0.1, 0.15) is 0 Å². The third kappa shape index (κ3) is 5.05. The Hall–Kier alpha value is -1.95. The van der Waals surface area contributed by atoms with Gasteiger partial charge in [0.05, 0.1) is 0 Å². The van der Waals surface area contributed by atoms with Crippen molar-refractivity contribution in [3.8, 4) is 0 Å². The first-order chi connectivity index (χ1) is 9.06. The van der Waals surface area contributed by atoms with E-state index in [2.05, 4.69) is 23.6 Å². The predicted octanol–water partition coefficient (Wildman–Crippen LogP) is 1.92. The summed E-state index contributed by atoms with van der Waals surface area (Å²) in [5.74, 6) is -0.944. The van der Waals surface area contributed by atoms with Crippen LogP contribution in [0.1, 0.15) is 29.8 Å². The molecule has 0 fully saturated rings. The van der Waals surface area contributed by atoms with Crippen LogP contribution >= 0.6 is 0 Å². The minimum absolute atomic E-state index is 0.184. The molecule has 6 heteroatoms. The van der Waals surface area contributed by atoms with Crippen LogP contribution in [-0.2, 0) is 11.3 Å². The van der Waals surface area contributed by atoms with Gasteiger partial charge in [0.25, 0.3) is 0 Å². The number of likely N-dealkylation sites (N-methyl/N-ethyl adjacent to an activating group) is 1. The number of benzene rings is 1. The highest BCUT2D eigenvalue weighted by atomic mass is 17.0. The van der Waals surface area contributed by atoms with E-state index in [0.29, 0.717) is 0 Å². The second-order valence-corrected chi connectivity index (χ2v) is 4.08. The summed E-state index contributed by atoms with van der Waals surface area (Å²) in [6, 6.07) is 6.67. The first-order valence-electron chi connectivity index (χ1n) is 6.24. The number of nitrogens with zero attached hydrogens (tertiary/aromatic N) is 2. The second-order valence-electron chi connectivity index (χ2n) is 4.08. The van der Waals surface area contributed by atoms with E-state index >= 15 is 0 Å². The fraction of sp³-hybridized carbons (Fsp3) is 0.462. The lowest BCUT2D eigenvalue weighted by atomic mass is 10.1. The van der Waals surface area contributed by atoms with Crippen molar-refractivity contribution in [1.29, 1.82) is 0 Å². The summed E-state index contributed by atoms with van der Waals surface area (Å²) < 4.78 is 0. The Morgan fingerprint density at radius 2 is 1.84 bits per heavy atom. The third-order valence-electron chi connectivity index (χ3n) is 2.96. The van der Waals surface area contributed by atoms with Crippen molar-refractivity contribution in [3.05, 3.63) is 45.5 Å². The van der Waals surface area contributed by atoms with Gasteiger partial charge < -0.3 is 4.90 Å². The molecule has 1 aromatic rings. The minimum atomic E-state index is -1.10. The Kier molecular flexibility index (Phi) is 5.95. The molecule has 0 aromatic heterocycles. The molecule has 0 saturated carbocycles. The van der Waals surface area contributed by atoms with Gasteiger partial charge in [-0.15, -0.1) is 10.1 Å². The van der Waals surface area contributed by atoms with Gasteiger partial charge in [-0.1, -0.05) is 26.0 Å². The number of carbonyl (C=O) groups excluding carboxylic acids is 1. The van der Waals surface area contributed by atoms with Gasteiger partial charge >= 0.3 is 11.1 Å². The lowest BCUT2D eigenvalue weighted by Crippen LogP contribution is -2.25. The summed E-state index contributed by atoms with van der Waals surface area (Å²) >= 11 is 0. The molecule has 0 unspecified atom stereocenters. The zero-order valence-corrected chi connectivity index (χ0v) is 11.2. The van der Waals surface area contributed by atoms with Crippen molar-refractivity contribution < 1.29 is 14.7 Å². The molecule has 0 N–H and O–H groups in total. The lowest BCUT2D eigenvalue weighted by Gasteiger charge is -2.17. The smallest absolute Gasteiger partial charge is 0.304 e. The van der Waals surface area contributed by atoms with Crippen molar-refractivity contribution in [1.82, 2.24) is 4.90 Å². The molecule has 19 heavy (non-hydrogen) atoms. The molecule has 6 nitrogen and oxygen atoms in total. The number of rotatable bonds is 7. The fourth-order valence-corrected chi connectivity index (χ4v) is 1.75. The van der Waals surface area contributed by atoms with Crippen molar-refractivity contribution in [2.24, 2.45) is 0 Å². The quantitative estimate of drug-likeness (QED) is 0.557. The number of hydrogen-bond donors (Lipinski definition) is 0. The van der Waals surface area contributed by atoms with E-state index in [4.69, 9.17) is 0 Å². The Balaban J connectivity index is 2.56. The first kappa shape index (κ1) is 15.1. The highest BCUT2D eigenvalue weighted by Gasteiger charge is 2.10. The number of carbonyl (C=O) groups is 1. The monoisotopic (exact) mass is 266 g/mol. The van der Waals surface area contributed by atoms with Gasteiger partial charge in [-0.25, -0.2) is 4.84 Å². The molecule has 1 aromatic carbocycles. The maximum absolute atomic E-state index is 11.3. The van der Waals surface area contributed by atoms with Crippen LogP contribution in [0.15, 0.2) is 24.3 Å². The van der Waals surface area contributed by atoms with E-state index in [1.54, 1.807) is 24.3 Å². The van der Waals surface area contributed by atoms with Crippen LogP contribution < -0.4 is 0 Å². The van der Waals surface area contributed by atoms with E-state index < -0.39 is 11.1 Å². The van der Waals surface area contributed by atoms with Crippen LogP contribution in [0.2, 0.25) is 0 Å². The fourth-order valence-electron chi connectivity index (χ4n) is 1.75. The van der Waals surface area contributed by atoms with Crippen LogP contribution in [0.25, 0.3) is 0 Å². The van der Waals surface area contributed by atoms with Crippen LogP contribution in [0.3, 0.4) is 0 Å². The average Bonchev–Trinajstić information content (AvgIpc) is 2.39. The van der Waals surface area contributed by atoms with Gasteiger partial charge in [0.2, 0.25) is 0 Å². The zero-order valence-electron chi connectivity index (χ0n) is 11.2. The van der Waals surface area contributed by atoms with Gasteiger partial charge in [-0.05, 0) is 37.2 Å². The normalized spacial score (nSPS) is 10.5. The lowest BCUT2D eigenvalue weighted by molar-refractivity contribution is -0.727. The molecule has 104 valence electrons. The molecule has 0 aliphatic rings. The second kappa shape index (κ2) is 7.48. The van der Waals surface area contributed by atoms with E-state index in [-0.39, 0.29) is 5.56 Å². The summed E-state index contributed by atoms with van der Waals surface area (Å²) in [6.45, 7) is 7.18. The first-order valence-corrected chi connectivity index (χ1v) is 6.24. The Morgan fingerprint density at radius 3 is 2.32 bits per heavy atom. The molecular weight excluding hydrogens is 248 g/mol. The van der Waals surface area contributed by atoms with Crippen molar-refractivity contribution in [2.45, 2.75) is 20.3 Å². The van der Waals surface area contributed by atoms with Crippen LogP contribution in [-0.4, -0.2) is 35.6 Å². The van der Waals surface area contributed by atoms with Crippen molar-refractivity contribution >= 4 is 5.97 Å². The Bertz CT molecular complexity index is 427. The molecule has 0 atom stereocenters. The maximum Gasteiger partial charge on any atom is 0.334 e. The summed E-state index contributed by atoms with van der Waals surface area (Å²) in [4.78, 5) is 27.5. The topological polar surface area (TPSA) is 72.7 Å². The van der Waals surface area contributed by atoms with Gasteiger partial charge in [-0.3, -0.25) is 4.79 Å². The predicted molar refractivity (Wildman–Crippen MR) is 70.3 cm³/mol. The maximum atomic E-state index is 11.3. The van der Waals surface area contributed by atoms with Gasteiger partial charge in [0, 0.05) is 12.1 Å². The molecule has 0 spiro atoms. The van der Waals surface area contributed by atoms with Crippen LogP contribution in [0.4, 0.5) is 0 Å². The molecule has 0 aliphatic carbocycles. The van der Waals surface area contributed by atoms with E-state index in [9.17, 15) is 14.9 Å². The van der Waals surface area contributed by atoms with Crippen LogP contribution in [0.5, 0.6) is 0 Å². The molecular formula is C13H18N2O4. The highest BCUT2D eigenvalue weighted by Crippen LogP contribution is 2.07. The summed E-state index contributed by atoms with van der Waals surface area (Å²) in [6.07, 6.45) is 0.881. The van der Waals surface area contributed by atoms with Gasteiger partial charge in [-0.2, -0.15) is 0 Å². The molecule has 0 heterocycles.